The minimum Gasteiger partial charge on any atom is -0.396 e. The average Bonchev–Trinajstić information content (AvgIpc) is 3.30. The van der Waals surface area contributed by atoms with E-state index in [-0.39, 0.29) is 0 Å². The summed E-state index contributed by atoms with van der Waals surface area (Å²) in [5.74, 6) is 1.95. The van der Waals surface area contributed by atoms with Gasteiger partial charge in [-0.05, 0) is 59.2 Å². The second-order valence-electron chi connectivity index (χ2n) is 14.4. The fraction of sp³-hybridized carbons (Fsp3) is 0.0566. The molecule has 0 saturated carbocycles. The van der Waals surface area contributed by atoms with E-state index in [0.717, 1.165) is 85.9 Å². The molecule has 2 N–H and O–H groups in total. The predicted molar refractivity (Wildman–Crippen MR) is 240 cm³/mol. The highest BCUT2D eigenvalue weighted by Crippen LogP contribution is 2.35. The SMILES string of the molecule is Nc1c(/C(=C\CCCc2ccc(-c3cccc(-c4nc(-c5ccccc5)nc(-c5ccccc5)n4)c3)cc2)c2ccccc2)ccc2ccc(-c3ccccc3)nc12. The number of rotatable bonds is 11. The molecule has 2 aromatic heterocycles. The molecule has 0 bridgehead atoms. The number of benzene rings is 7. The third-order valence-corrected chi connectivity index (χ3v) is 10.5. The molecule has 5 nitrogen and oxygen atoms in total. The molecule has 0 aliphatic rings. The van der Waals surface area contributed by atoms with Crippen LogP contribution in [0.2, 0.25) is 0 Å². The second-order valence-corrected chi connectivity index (χ2v) is 14.4. The number of anilines is 1. The number of aryl methyl sites for hydroxylation is 1. The molecular weight excluding hydrogens is 707 g/mol. The van der Waals surface area contributed by atoms with Gasteiger partial charge >= 0.3 is 0 Å². The summed E-state index contributed by atoms with van der Waals surface area (Å²) in [7, 11) is 0. The summed E-state index contributed by atoms with van der Waals surface area (Å²) >= 11 is 0. The van der Waals surface area contributed by atoms with Gasteiger partial charge in [-0.25, -0.2) is 19.9 Å². The van der Waals surface area contributed by atoms with Crippen LogP contribution >= 0.6 is 0 Å². The molecule has 9 aromatic rings. The number of nitrogen functional groups attached to an aromatic ring is 1. The maximum absolute atomic E-state index is 6.95. The van der Waals surface area contributed by atoms with Crippen molar-refractivity contribution in [2.24, 2.45) is 0 Å². The lowest BCUT2D eigenvalue weighted by Crippen LogP contribution is -2.00. The summed E-state index contributed by atoms with van der Waals surface area (Å²) in [6, 6.07) is 66.7. The zero-order valence-electron chi connectivity index (χ0n) is 32.0. The van der Waals surface area contributed by atoms with Crippen LogP contribution in [0.4, 0.5) is 5.69 Å². The fourth-order valence-corrected chi connectivity index (χ4v) is 7.41. The molecule has 0 fully saturated rings. The van der Waals surface area contributed by atoms with Gasteiger partial charge in [0, 0.05) is 33.2 Å². The summed E-state index contributed by atoms with van der Waals surface area (Å²) < 4.78 is 0. The van der Waals surface area contributed by atoms with Crippen LogP contribution in [0.1, 0.15) is 29.5 Å². The van der Waals surface area contributed by atoms with Crippen molar-refractivity contribution in [2.45, 2.75) is 19.3 Å². The van der Waals surface area contributed by atoms with Crippen molar-refractivity contribution < 1.29 is 0 Å². The largest absolute Gasteiger partial charge is 0.396 e. The first-order valence-electron chi connectivity index (χ1n) is 19.7. The van der Waals surface area contributed by atoms with Gasteiger partial charge in [-0.1, -0.05) is 188 Å². The quantitative estimate of drug-likeness (QED) is 0.105. The van der Waals surface area contributed by atoms with E-state index in [4.69, 9.17) is 25.7 Å². The van der Waals surface area contributed by atoms with Gasteiger partial charge < -0.3 is 5.73 Å². The van der Waals surface area contributed by atoms with Crippen LogP contribution in [0.15, 0.2) is 200 Å². The standard InChI is InChI=1S/C53H41N5/c54-49-47(34-32-41-33-35-48(55-50(41)49)40-19-7-2-8-20-40)46(39-17-5-1-6-18-39)27-14-13-16-37-28-30-38(31-29-37)44-25-15-26-45(36-44)53-57-51(42-21-9-3-10-22-42)56-52(58-53)43-23-11-4-12-24-43/h1-12,15,17-36H,13-14,16,54H2/b46-27-. The maximum Gasteiger partial charge on any atom is 0.164 e. The van der Waals surface area contributed by atoms with E-state index in [1.165, 1.54) is 5.56 Å². The molecular formula is C53H41N5. The van der Waals surface area contributed by atoms with E-state index in [2.05, 4.69) is 121 Å². The average molecular weight is 748 g/mol. The molecule has 0 saturated heterocycles. The Balaban J connectivity index is 0.936. The van der Waals surface area contributed by atoms with Crippen LogP contribution in [-0.4, -0.2) is 19.9 Å². The first-order chi connectivity index (χ1) is 28.7. The summed E-state index contributed by atoms with van der Waals surface area (Å²) in [5.41, 5.74) is 20.2. The van der Waals surface area contributed by atoms with Gasteiger partial charge in [0.1, 0.15) is 0 Å². The first kappa shape index (κ1) is 36.2. The van der Waals surface area contributed by atoms with Crippen LogP contribution in [-0.2, 0) is 6.42 Å². The van der Waals surface area contributed by atoms with Gasteiger partial charge in [-0.2, -0.15) is 0 Å². The Bertz CT molecular complexity index is 2780. The van der Waals surface area contributed by atoms with E-state index in [0.29, 0.717) is 23.2 Å². The predicted octanol–water partition coefficient (Wildman–Crippen LogP) is 12.8. The molecule has 9 rings (SSSR count). The van der Waals surface area contributed by atoms with Gasteiger partial charge in [-0.3, -0.25) is 0 Å². The van der Waals surface area contributed by atoms with Crippen molar-refractivity contribution in [3.8, 4) is 56.5 Å². The van der Waals surface area contributed by atoms with E-state index >= 15 is 0 Å². The molecule has 0 radical (unpaired) electrons. The van der Waals surface area contributed by atoms with Gasteiger partial charge in [0.25, 0.3) is 0 Å². The molecule has 0 atom stereocenters. The number of allylic oxidation sites excluding steroid dienone is 1. The summed E-state index contributed by atoms with van der Waals surface area (Å²) in [6.07, 6.45) is 5.21. The van der Waals surface area contributed by atoms with Crippen LogP contribution in [0, 0.1) is 0 Å². The zero-order valence-corrected chi connectivity index (χ0v) is 32.0. The van der Waals surface area contributed by atoms with Crippen molar-refractivity contribution in [1.29, 1.82) is 0 Å². The monoisotopic (exact) mass is 747 g/mol. The van der Waals surface area contributed by atoms with Gasteiger partial charge in [0.2, 0.25) is 0 Å². The smallest absolute Gasteiger partial charge is 0.164 e. The molecule has 5 heteroatoms. The number of nitrogens with zero attached hydrogens (tertiary/aromatic N) is 4. The number of nitrogens with two attached hydrogens (primary N) is 1. The summed E-state index contributed by atoms with van der Waals surface area (Å²) in [6.45, 7) is 0. The number of pyridine rings is 1. The normalized spacial score (nSPS) is 11.5. The fourth-order valence-electron chi connectivity index (χ4n) is 7.41. The van der Waals surface area contributed by atoms with Crippen molar-refractivity contribution in [3.63, 3.8) is 0 Å². The van der Waals surface area contributed by atoms with E-state index in [1.807, 2.05) is 78.9 Å². The van der Waals surface area contributed by atoms with E-state index < -0.39 is 0 Å². The Morgan fingerprint density at radius 2 is 0.983 bits per heavy atom. The van der Waals surface area contributed by atoms with Gasteiger partial charge in [-0.15, -0.1) is 0 Å². The summed E-state index contributed by atoms with van der Waals surface area (Å²) in [4.78, 5) is 19.8. The third-order valence-electron chi connectivity index (χ3n) is 10.5. The molecule has 7 aromatic carbocycles. The Morgan fingerprint density at radius 1 is 0.448 bits per heavy atom. The first-order valence-corrected chi connectivity index (χ1v) is 19.7. The number of aromatic nitrogens is 4. The Labute approximate surface area is 339 Å². The maximum atomic E-state index is 6.95. The van der Waals surface area contributed by atoms with Crippen LogP contribution in [0.5, 0.6) is 0 Å². The minimum atomic E-state index is 0.646. The van der Waals surface area contributed by atoms with E-state index in [9.17, 15) is 0 Å². The Kier molecular flexibility index (Phi) is 10.4. The highest BCUT2D eigenvalue weighted by Gasteiger charge is 2.15. The number of hydrogen-bond acceptors (Lipinski definition) is 5. The molecule has 0 spiro atoms. The van der Waals surface area contributed by atoms with Crippen LogP contribution in [0.25, 0.3) is 73.0 Å². The van der Waals surface area contributed by atoms with E-state index in [1.54, 1.807) is 0 Å². The van der Waals surface area contributed by atoms with Crippen molar-refractivity contribution in [3.05, 3.63) is 217 Å². The van der Waals surface area contributed by atoms with Crippen LogP contribution in [0.3, 0.4) is 0 Å². The van der Waals surface area contributed by atoms with Crippen molar-refractivity contribution in [1.82, 2.24) is 19.9 Å². The highest BCUT2D eigenvalue weighted by molar-refractivity contribution is 5.99. The van der Waals surface area contributed by atoms with Gasteiger partial charge in [0.15, 0.2) is 17.5 Å². The topological polar surface area (TPSA) is 77.6 Å². The highest BCUT2D eigenvalue weighted by atomic mass is 15.0. The molecule has 0 unspecified atom stereocenters. The number of unbranched alkanes of at least 4 members (excludes halogenated alkanes) is 1. The van der Waals surface area contributed by atoms with Crippen molar-refractivity contribution in [2.75, 3.05) is 5.73 Å². The Morgan fingerprint density at radius 3 is 1.62 bits per heavy atom. The zero-order chi connectivity index (χ0) is 39.1. The van der Waals surface area contributed by atoms with Gasteiger partial charge in [0.05, 0.1) is 16.9 Å². The Hall–Kier alpha value is -7.50. The third kappa shape index (κ3) is 7.93. The lowest BCUT2D eigenvalue weighted by Gasteiger charge is -2.14. The lowest BCUT2D eigenvalue weighted by molar-refractivity contribution is 0.844. The molecule has 0 aliphatic carbocycles. The van der Waals surface area contributed by atoms with Crippen LogP contribution < -0.4 is 5.73 Å². The summed E-state index contributed by atoms with van der Waals surface area (Å²) in [5, 5.41) is 1.03. The molecule has 2 heterocycles. The number of hydrogen-bond donors (Lipinski definition) is 1. The molecule has 278 valence electrons. The molecule has 0 amide bonds. The second kappa shape index (κ2) is 16.7. The lowest BCUT2D eigenvalue weighted by atomic mass is 9.93. The minimum absolute atomic E-state index is 0.646. The molecule has 58 heavy (non-hydrogen) atoms. The number of fused-ring (bicyclic) bond motifs is 1. The van der Waals surface area contributed by atoms with Crippen molar-refractivity contribution >= 4 is 22.2 Å². The molecule has 0 aliphatic heterocycles.